The molecule has 1 saturated heterocycles. The van der Waals surface area contributed by atoms with Crippen molar-refractivity contribution in [1.82, 2.24) is 10.2 Å². The fraction of sp³-hybridized carbons (Fsp3) is 0.342. The summed E-state index contributed by atoms with van der Waals surface area (Å²) in [5, 5.41) is 4.09. The average Bonchev–Trinajstić information content (AvgIpc) is 3.54. The van der Waals surface area contributed by atoms with Gasteiger partial charge in [-0.15, -0.1) is 0 Å². The number of fused-ring (bicyclic) bond motifs is 2. The number of ether oxygens (including phenoxy) is 2. The van der Waals surface area contributed by atoms with Gasteiger partial charge in [-0.3, -0.25) is 14.4 Å². The van der Waals surface area contributed by atoms with Gasteiger partial charge in [0.25, 0.3) is 5.91 Å². The third-order valence-electron chi connectivity index (χ3n) is 9.47. The Kier molecular flexibility index (Phi) is 9.03. The van der Waals surface area contributed by atoms with Gasteiger partial charge in [-0.25, -0.2) is 0 Å². The lowest BCUT2D eigenvalue weighted by Crippen LogP contribution is -2.36. The molecule has 8 nitrogen and oxygen atoms in total. The molecule has 1 aromatic heterocycles. The van der Waals surface area contributed by atoms with Crippen LogP contribution in [0, 0.1) is 0 Å². The first-order valence-corrected chi connectivity index (χ1v) is 16.8. The predicted octanol–water partition coefficient (Wildman–Crippen LogP) is 7.31. The van der Waals surface area contributed by atoms with E-state index < -0.39 is 5.91 Å². The highest BCUT2D eigenvalue weighted by Crippen LogP contribution is 2.38. The maximum absolute atomic E-state index is 13.6. The zero-order chi connectivity index (χ0) is 32.3. The van der Waals surface area contributed by atoms with Gasteiger partial charge in [-0.05, 0) is 85.8 Å². The number of hydrogen-bond acceptors (Lipinski definition) is 6. The molecule has 2 fully saturated rings. The highest BCUT2D eigenvalue weighted by Gasteiger charge is 2.25. The van der Waals surface area contributed by atoms with Crippen molar-refractivity contribution in [2.75, 3.05) is 13.3 Å². The Hall–Kier alpha value is -4.56. The molecular formula is C38H37ClN2O6. The minimum absolute atomic E-state index is 0.0617. The van der Waals surface area contributed by atoms with Gasteiger partial charge in [0, 0.05) is 36.7 Å². The number of nitrogens with one attached hydrogen (secondary N) is 1. The molecule has 3 aromatic carbocycles. The maximum atomic E-state index is 13.6. The van der Waals surface area contributed by atoms with Gasteiger partial charge >= 0.3 is 0 Å². The molecule has 1 atom stereocenters. The second-order valence-electron chi connectivity index (χ2n) is 12.7. The van der Waals surface area contributed by atoms with E-state index in [4.69, 9.17) is 25.5 Å². The Balaban J connectivity index is 1.08. The van der Waals surface area contributed by atoms with Crippen molar-refractivity contribution in [3.63, 3.8) is 0 Å². The van der Waals surface area contributed by atoms with Crippen LogP contribution < -0.4 is 20.2 Å². The van der Waals surface area contributed by atoms with Crippen molar-refractivity contribution in [3.05, 3.63) is 116 Å². The van der Waals surface area contributed by atoms with Gasteiger partial charge < -0.3 is 24.1 Å². The van der Waals surface area contributed by atoms with Crippen LogP contribution in [0.15, 0.2) is 87.6 Å². The van der Waals surface area contributed by atoms with E-state index in [1.54, 1.807) is 12.1 Å². The lowest BCUT2D eigenvalue weighted by molar-refractivity contribution is -0.133. The zero-order valence-corrected chi connectivity index (χ0v) is 26.9. The second-order valence-corrected chi connectivity index (χ2v) is 13.1. The normalized spacial score (nSPS) is 18.3. The van der Waals surface area contributed by atoms with Crippen molar-refractivity contribution < 1.29 is 23.5 Å². The number of rotatable bonds is 8. The van der Waals surface area contributed by atoms with Gasteiger partial charge in [0.1, 0.15) is 5.58 Å². The smallest absolute Gasteiger partial charge is 0.287 e. The van der Waals surface area contributed by atoms with E-state index >= 15 is 0 Å². The Morgan fingerprint density at radius 1 is 0.957 bits per heavy atom. The highest BCUT2D eigenvalue weighted by molar-refractivity contribution is 6.30. The third kappa shape index (κ3) is 7.08. The number of carbonyl (C=O) groups excluding carboxylic acids is 2. The minimum Gasteiger partial charge on any atom is -0.454 e. The number of carbonyl (C=O) groups is 2. The van der Waals surface area contributed by atoms with Crippen molar-refractivity contribution in [3.8, 4) is 11.5 Å². The average molecular weight is 653 g/mol. The number of halogens is 1. The van der Waals surface area contributed by atoms with Gasteiger partial charge in [0.15, 0.2) is 22.7 Å². The monoisotopic (exact) mass is 652 g/mol. The van der Waals surface area contributed by atoms with Gasteiger partial charge in [0.05, 0.1) is 11.4 Å². The van der Waals surface area contributed by atoms with Crippen LogP contribution in [0.2, 0.25) is 5.02 Å². The first kappa shape index (κ1) is 31.1. The van der Waals surface area contributed by atoms with Gasteiger partial charge in [-0.2, -0.15) is 0 Å². The summed E-state index contributed by atoms with van der Waals surface area (Å²) >= 11 is 6.14. The predicted molar refractivity (Wildman–Crippen MR) is 180 cm³/mol. The van der Waals surface area contributed by atoms with Gasteiger partial charge in [-0.1, -0.05) is 59.6 Å². The van der Waals surface area contributed by atoms with Crippen molar-refractivity contribution in [2.45, 2.75) is 69.9 Å². The molecule has 9 heteroatoms. The van der Waals surface area contributed by atoms with E-state index in [1.165, 1.54) is 22.8 Å². The lowest BCUT2D eigenvalue weighted by Gasteiger charge is -2.31. The molecule has 242 valence electrons. The van der Waals surface area contributed by atoms with Crippen molar-refractivity contribution >= 4 is 34.4 Å². The molecule has 1 saturated carbocycles. The van der Waals surface area contributed by atoms with Crippen LogP contribution in [0.5, 0.6) is 11.5 Å². The molecule has 47 heavy (non-hydrogen) atoms. The first-order chi connectivity index (χ1) is 22.9. The lowest BCUT2D eigenvalue weighted by atomic mass is 9.79. The largest absolute Gasteiger partial charge is 0.454 e. The Morgan fingerprint density at radius 2 is 1.72 bits per heavy atom. The van der Waals surface area contributed by atoms with Gasteiger partial charge in [0.2, 0.25) is 12.7 Å². The number of allylic oxidation sites excluding steroid dienone is 1. The maximum Gasteiger partial charge on any atom is 0.287 e. The van der Waals surface area contributed by atoms with E-state index in [9.17, 15) is 14.4 Å². The first-order valence-electron chi connectivity index (χ1n) is 16.4. The minimum atomic E-state index is -0.465. The number of nitrogens with zero attached hydrogens (tertiary/aromatic N) is 1. The summed E-state index contributed by atoms with van der Waals surface area (Å²) in [6, 6.07) is 20.2. The molecule has 3 aliphatic rings. The van der Waals surface area contributed by atoms with Crippen LogP contribution in [0.4, 0.5) is 0 Å². The molecule has 1 N–H and O–H groups in total. The molecule has 0 bridgehead atoms. The molecule has 3 heterocycles. The van der Waals surface area contributed by atoms with Crippen LogP contribution >= 0.6 is 11.6 Å². The molecule has 0 unspecified atom stereocenters. The van der Waals surface area contributed by atoms with E-state index in [-0.39, 0.29) is 35.5 Å². The van der Waals surface area contributed by atoms with E-state index in [2.05, 4.69) is 35.7 Å². The third-order valence-corrected chi connectivity index (χ3v) is 9.73. The standard InChI is InChI=1S/C38H37ClN2O6/c39-28-14-10-25(11-15-28)18-29(40-38(44)36-20-32(42)31-19-34-35(46-23-45-34)21-33(31)47-36)17-24-8-12-26(13-9-24)30-6-2-1-5-27(30)22-41-16-4-3-7-37(41)43/h1-2,5-6,10-11,14-15,17,19-21,26,29H,3-4,7-9,12-13,16,18,22-23H2,(H,40,44)/t26?,29-/m1/s1. The van der Waals surface area contributed by atoms with Crippen molar-refractivity contribution in [1.29, 1.82) is 0 Å². The Morgan fingerprint density at radius 3 is 2.51 bits per heavy atom. The molecule has 0 spiro atoms. The SMILES string of the molecule is O=C(N[C@H](C=C1CCC(c2ccccc2CN2CCCCC2=O)CC1)Cc1ccc(Cl)cc1)c1cc(=O)c2cc3c(cc2o1)OCO3. The molecule has 7 rings (SSSR count). The molecule has 1 aliphatic carbocycles. The summed E-state index contributed by atoms with van der Waals surface area (Å²) in [6.07, 6.45) is 9.22. The number of hydrogen-bond donors (Lipinski definition) is 1. The summed E-state index contributed by atoms with van der Waals surface area (Å²) in [5.41, 5.74) is 4.84. The molecule has 0 radical (unpaired) electrons. The Labute approximate surface area is 278 Å². The fourth-order valence-corrected chi connectivity index (χ4v) is 7.11. The topological polar surface area (TPSA) is 98.1 Å². The van der Waals surface area contributed by atoms with Crippen LogP contribution in [-0.2, 0) is 17.8 Å². The summed E-state index contributed by atoms with van der Waals surface area (Å²) in [7, 11) is 0. The van der Waals surface area contributed by atoms with Crippen LogP contribution in [0.1, 0.15) is 78.1 Å². The quantitative estimate of drug-likeness (QED) is 0.201. The number of amides is 2. The van der Waals surface area contributed by atoms with Crippen molar-refractivity contribution in [2.24, 2.45) is 0 Å². The van der Waals surface area contributed by atoms with Crippen LogP contribution in [0.25, 0.3) is 11.0 Å². The summed E-state index contributed by atoms with van der Waals surface area (Å²) in [4.78, 5) is 41.0. The second kappa shape index (κ2) is 13.7. The summed E-state index contributed by atoms with van der Waals surface area (Å²) < 4.78 is 16.7. The number of piperidine rings is 1. The highest BCUT2D eigenvalue weighted by atomic mass is 35.5. The van der Waals surface area contributed by atoms with E-state index in [0.717, 1.165) is 50.6 Å². The van der Waals surface area contributed by atoms with E-state index in [0.29, 0.717) is 47.2 Å². The molecule has 4 aromatic rings. The molecule has 2 aliphatic heterocycles. The number of likely N-dealkylation sites (tertiary alicyclic amines) is 1. The summed E-state index contributed by atoms with van der Waals surface area (Å²) in [6.45, 7) is 1.58. The molecular weight excluding hydrogens is 616 g/mol. The summed E-state index contributed by atoms with van der Waals surface area (Å²) in [5.74, 6) is 1.09. The van der Waals surface area contributed by atoms with Crippen LogP contribution in [0.3, 0.4) is 0 Å². The van der Waals surface area contributed by atoms with E-state index in [1.807, 2.05) is 29.2 Å². The molecule has 2 amide bonds. The Bertz CT molecular complexity index is 1890. The number of benzene rings is 3. The fourth-order valence-electron chi connectivity index (χ4n) is 6.98. The zero-order valence-electron chi connectivity index (χ0n) is 26.1. The van der Waals surface area contributed by atoms with Crippen LogP contribution in [-0.4, -0.2) is 36.1 Å².